The summed E-state index contributed by atoms with van der Waals surface area (Å²) in [6.45, 7) is 0. The van der Waals surface area contributed by atoms with Crippen LogP contribution in [-0.2, 0) is 16.0 Å². The molecule has 86 valence electrons. The lowest BCUT2D eigenvalue weighted by Crippen LogP contribution is -2.27. The number of benzene rings is 1. The lowest BCUT2D eigenvalue weighted by atomic mass is 9.95. The molecular formula is C12H15NO3. The number of esters is 1. The van der Waals surface area contributed by atoms with E-state index >= 15 is 0 Å². The fourth-order valence-electron chi connectivity index (χ4n) is 2.28. The largest absolute Gasteiger partial charge is 0.508 e. The molecule has 1 aromatic carbocycles. The van der Waals surface area contributed by atoms with E-state index in [4.69, 9.17) is 5.73 Å². The summed E-state index contributed by atoms with van der Waals surface area (Å²) in [5, 5.41) is 9.36. The van der Waals surface area contributed by atoms with E-state index in [1.165, 1.54) is 7.11 Å². The number of phenols is 1. The molecule has 3 N–H and O–H groups in total. The van der Waals surface area contributed by atoms with Crippen molar-refractivity contribution in [3.8, 4) is 5.75 Å². The molecule has 2 atom stereocenters. The van der Waals surface area contributed by atoms with Gasteiger partial charge in [-0.15, -0.1) is 0 Å². The smallest absolute Gasteiger partial charge is 0.306 e. The Morgan fingerprint density at radius 2 is 2.38 bits per heavy atom. The molecule has 2 rings (SSSR count). The second kappa shape index (κ2) is 4.14. The Morgan fingerprint density at radius 1 is 1.62 bits per heavy atom. The molecule has 4 nitrogen and oxygen atoms in total. The molecular weight excluding hydrogens is 206 g/mol. The van der Waals surface area contributed by atoms with Crippen LogP contribution in [0, 0.1) is 0 Å². The van der Waals surface area contributed by atoms with Crippen molar-refractivity contribution in [2.75, 3.05) is 7.11 Å². The number of aromatic hydroxyl groups is 1. The van der Waals surface area contributed by atoms with E-state index in [1.54, 1.807) is 12.1 Å². The minimum atomic E-state index is -0.249. The number of phenolic OH excluding ortho intramolecular Hbond substituents is 1. The van der Waals surface area contributed by atoms with Gasteiger partial charge in [0.2, 0.25) is 0 Å². The number of ether oxygens (including phenoxy) is 1. The third kappa shape index (κ3) is 1.88. The van der Waals surface area contributed by atoms with Crippen LogP contribution in [0.15, 0.2) is 18.2 Å². The molecule has 0 fully saturated rings. The summed E-state index contributed by atoms with van der Waals surface area (Å²) >= 11 is 0. The van der Waals surface area contributed by atoms with Crippen molar-refractivity contribution < 1.29 is 14.6 Å². The highest BCUT2D eigenvalue weighted by Gasteiger charge is 2.31. The molecule has 0 radical (unpaired) electrons. The number of hydrogen-bond acceptors (Lipinski definition) is 4. The van der Waals surface area contributed by atoms with Crippen LogP contribution in [0.5, 0.6) is 5.75 Å². The van der Waals surface area contributed by atoms with Gasteiger partial charge in [0.05, 0.1) is 13.5 Å². The standard InChI is InChI=1S/C12H15NO3/c1-16-12(15)6-10-9-3-2-8(14)4-7(9)5-11(10)13/h2-4,10-11,14H,5-6,13H2,1H3. The van der Waals surface area contributed by atoms with Gasteiger partial charge in [0, 0.05) is 12.0 Å². The second-order valence-electron chi connectivity index (χ2n) is 4.14. The van der Waals surface area contributed by atoms with Gasteiger partial charge in [0.15, 0.2) is 0 Å². The number of methoxy groups -OCH3 is 1. The molecule has 0 amide bonds. The summed E-state index contributed by atoms with van der Waals surface area (Å²) in [5.41, 5.74) is 8.07. The Balaban J connectivity index is 2.26. The Kier molecular flexibility index (Phi) is 2.83. The van der Waals surface area contributed by atoms with Crippen LogP contribution in [0.1, 0.15) is 23.5 Å². The lowest BCUT2D eigenvalue weighted by Gasteiger charge is -2.14. The zero-order chi connectivity index (χ0) is 11.7. The maximum absolute atomic E-state index is 11.3. The number of nitrogens with two attached hydrogens (primary N) is 1. The van der Waals surface area contributed by atoms with Crippen LogP contribution in [0.3, 0.4) is 0 Å². The minimum Gasteiger partial charge on any atom is -0.508 e. The molecule has 0 spiro atoms. The molecule has 1 aromatic rings. The third-order valence-electron chi connectivity index (χ3n) is 3.11. The van der Waals surface area contributed by atoms with Crippen LogP contribution in [0.4, 0.5) is 0 Å². The lowest BCUT2D eigenvalue weighted by molar-refractivity contribution is -0.141. The van der Waals surface area contributed by atoms with E-state index in [-0.39, 0.29) is 23.7 Å². The summed E-state index contributed by atoms with van der Waals surface area (Å²) in [4.78, 5) is 11.3. The van der Waals surface area contributed by atoms with Gasteiger partial charge in [0.1, 0.15) is 5.75 Å². The van der Waals surface area contributed by atoms with Crippen molar-refractivity contribution in [1.29, 1.82) is 0 Å². The predicted octanol–water partition coefficient (Wildman–Crippen LogP) is 0.922. The van der Waals surface area contributed by atoms with Gasteiger partial charge in [-0.2, -0.15) is 0 Å². The minimum absolute atomic E-state index is 0.00282. The van der Waals surface area contributed by atoms with Crippen LogP contribution in [0.2, 0.25) is 0 Å². The van der Waals surface area contributed by atoms with E-state index in [0.29, 0.717) is 12.8 Å². The van der Waals surface area contributed by atoms with Gasteiger partial charge in [0.25, 0.3) is 0 Å². The Labute approximate surface area is 94.0 Å². The van der Waals surface area contributed by atoms with Gasteiger partial charge >= 0.3 is 5.97 Å². The quantitative estimate of drug-likeness (QED) is 0.728. The van der Waals surface area contributed by atoms with Crippen molar-refractivity contribution in [1.82, 2.24) is 0 Å². The first-order valence-electron chi connectivity index (χ1n) is 5.26. The average molecular weight is 221 g/mol. The van der Waals surface area contributed by atoms with Crippen molar-refractivity contribution in [2.24, 2.45) is 5.73 Å². The molecule has 4 heteroatoms. The number of rotatable bonds is 2. The number of carbonyl (C=O) groups is 1. The first-order valence-corrected chi connectivity index (χ1v) is 5.26. The highest BCUT2D eigenvalue weighted by Crippen LogP contribution is 2.36. The van der Waals surface area contributed by atoms with E-state index in [9.17, 15) is 9.90 Å². The number of fused-ring (bicyclic) bond motifs is 1. The SMILES string of the molecule is COC(=O)CC1c2ccc(O)cc2CC1N. The Hall–Kier alpha value is -1.55. The molecule has 2 unspecified atom stereocenters. The van der Waals surface area contributed by atoms with E-state index < -0.39 is 0 Å². The summed E-state index contributed by atoms with van der Waals surface area (Å²) in [5.74, 6) is -0.00547. The maximum Gasteiger partial charge on any atom is 0.306 e. The van der Waals surface area contributed by atoms with Crippen LogP contribution in [-0.4, -0.2) is 24.2 Å². The van der Waals surface area contributed by atoms with Crippen molar-refractivity contribution in [3.05, 3.63) is 29.3 Å². The molecule has 0 aromatic heterocycles. The van der Waals surface area contributed by atoms with Gasteiger partial charge in [-0.1, -0.05) is 6.07 Å². The van der Waals surface area contributed by atoms with Gasteiger partial charge in [-0.25, -0.2) is 0 Å². The van der Waals surface area contributed by atoms with Gasteiger partial charge in [-0.05, 0) is 29.7 Å². The monoisotopic (exact) mass is 221 g/mol. The molecule has 0 heterocycles. The topological polar surface area (TPSA) is 72.5 Å². The zero-order valence-electron chi connectivity index (χ0n) is 9.14. The van der Waals surface area contributed by atoms with E-state index in [2.05, 4.69) is 4.74 Å². The van der Waals surface area contributed by atoms with Crippen molar-refractivity contribution in [3.63, 3.8) is 0 Å². The summed E-state index contributed by atoms with van der Waals surface area (Å²) in [6, 6.07) is 5.11. The normalized spacial score (nSPS) is 22.9. The van der Waals surface area contributed by atoms with E-state index in [0.717, 1.165) is 11.1 Å². The molecule has 0 bridgehead atoms. The fourth-order valence-corrected chi connectivity index (χ4v) is 2.28. The molecule has 0 saturated heterocycles. The second-order valence-corrected chi connectivity index (χ2v) is 4.14. The van der Waals surface area contributed by atoms with Crippen LogP contribution >= 0.6 is 0 Å². The molecule has 0 aliphatic heterocycles. The average Bonchev–Trinajstić information content (AvgIpc) is 2.54. The van der Waals surface area contributed by atoms with Gasteiger partial charge in [-0.3, -0.25) is 4.79 Å². The van der Waals surface area contributed by atoms with Crippen LogP contribution < -0.4 is 5.73 Å². The van der Waals surface area contributed by atoms with Crippen molar-refractivity contribution >= 4 is 5.97 Å². The number of hydrogen-bond donors (Lipinski definition) is 2. The summed E-state index contributed by atoms with van der Waals surface area (Å²) < 4.78 is 4.66. The molecule has 1 aliphatic carbocycles. The first kappa shape index (κ1) is 11.0. The highest BCUT2D eigenvalue weighted by atomic mass is 16.5. The Bertz CT molecular complexity index is 417. The Morgan fingerprint density at radius 3 is 3.06 bits per heavy atom. The van der Waals surface area contributed by atoms with Gasteiger partial charge < -0.3 is 15.6 Å². The zero-order valence-corrected chi connectivity index (χ0v) is 9.14. The van der Waals surface area contributed by atoms with E-state index in [1.807, 2.05) is 6.07 Å². The number of carbonyl (C=O) groups excluding carboxylic acids is 1. The predicted molar refractivity (Wildman–Crippen MR) is 59.2 cm³/mol. The third-order valence-corrected chi connectivity index (χ3v) is 3.11. The fraction of sp³-hybridized carbons (Fsp3) is 0.417. The summed E-state index contributed by atoms with van der Waals surface area (Å²) in [6.07, 6.45) is 1.00. The van der Waals surface area contributed by atoms with Crippen LogP contribution in [0.25, 0.3) is 0 Å². The van der Waals surface area contributed by atoms with Crippen molar-refractivity contribution in [2.45, 2.75) is 24.8 Å². The first-order chi connectivity index (χ1) is 7.61. The summed E-state index contributed by atoms with van der Waals surface area (Å²) in [7, 11) is 1.38. The molecule has 1 aliphatic rings. The highest BCUT2D eigenvalue weighted by molar-refractivity contribution is 5.71. The molecule has 0 saturated carbocycles. The maximum atomic E-state index is 11.3. The molecule has 16 heavy (non-hydrogen) atoms.